The van der Waals surface area contributed by atoms with E-state index in [2.05, 4.69) is 4.74 Å². The molecule has 1 unspecified atom stereocenters. The maximum absolute atomic E-state index is 13.3. The maximum atomic E-state index is 13.3. The predicted octanol–water partition coefficient (Wildman–Crippen LogP) is 1.58. The zero-order valence-electron chi connectivity index (χ0n) is 10.1. The lowest BCUT2D eigenvalue weighted by Gasteiger charge is -2.21. The number of ether oxygens (including phenoxy) is 1. The molecule has 2 N–H and O–H groups in total. The van der Waals surface area contributed by atoms with Crippen molar-refractivity contribution >= 4 is 11.7 Å². The molecule has 0 saturated carbocycles. The van der Waals surface area contributed by atoms with Gasteiger partial charge in [-0.15, -0.1) is 0 Å². The highest BCUT2D eigenvalue weighted by Crippen LogP contribution is 2.24. The summed E-state index contributed by atoms with van der Waals surface area (Å²) in [6.45, 7) is 0.313. The smallest absolute Gasteiger partial charge is 0.339 e. The Morgan fingerprint density at radius 2 is 1.79 bits per heavy atom. The van der Waals surface area contributed by atoms with E-state index in [0.29, 0.717) is 0 Å². The standard InChI is InChI=1S/C11H11F4NO3/c1-11(18,10(17)19-2)4-16-9-7(14)5(12)3-6(13)8(9)15/h3,16,18H,4H2,1-2H3. The van der Waals surface area contributed by atoms with Gasteiger partial charge in [0.05, 0.1) is 13.7 Å². The fraction of sp³-hybridized carbons (Fsp3) is 0.364. The average Bonchev–Trinajstić information content (AvgIpc) is 2.35. The van der Waals surface area contributed by atoms with Crippen LogP contribution in [-0.2, 0) is 9.53 Å². The Morgan fingerprint density at radius 1 is 1.32 bits per heavy atom. The largest absolute Gasteiger partial charge is 0.467 e. The van der Waals surface area contributed by atoms with E-state index in [4.69, 9.17) is 0 Å². The minimum absolute atomic E-state index is 0.0499. The molecule has 0 aliphatic carbocycles. The highest BCUT2D eigenvalue weighted by atomic mass is 19.2. The Kier molecular flexibility index (Phi) is 4.35. The SMILES string of the molecule is COC(=O)C(C)(O)CNc1c(F)c(F)cc(F)c1F. The fourth-order valence-corrected chi connectivity index (χ4v) is 1.28. The molecule has 0 saturated heterocycles. The van der Waals surface area contributed by atoms with E-state index < -0.39 is 47.1 Å². The van der Waals surface area contributed by atoms with Gasteiger partial charge in [0.2, 0.25) is 0 Å². The lowest BCUT2D eigenvalue weighted by Crippen LogP contribution is -2.43. The number of aliphatic hydroxyl groups is 1. The summed E-state index contributed by atoms with van der Waals surface area (Å²) in [5.74, 6) is -7.57. The number of nitrogens with one attached hydrogen (secondary N) is 1. The molecule has 0 heterocycles. The van der Waals surface area contributed by atoms with Crippen LogP contribution < -0.4 is 5.32 Å². The van der Waals surface area contributed by atoms with Crippen LogP contribution in [0, 0.1) is 23.3 Å². The van der Waals surface area contributed by atoms with Gasteiger partial charge in [-0.05, 0) is 6.92 Å². The first-order chi connectivity index (χ1) is 8.70. The first kappa shape index (κ1) is 15.2. The normalized spacial score (nSPS) is 13.8. The Hall–Kier alpha value is -1.83. The van der Waals surface area contributed by atoms with E-state index in [1.165, 1.54) is 0 Å². The maximum Gasteiger partial charge on any atom is 0.339 e. The van der Waals surface area contributed by atoms with Crippen molar-refractivity contribution in [3.05, 3.63) is 29.3 Å². The Balaban J connectivity index is 2.99. The van der Waals surface area contributed by atoms with Gasteiger partial charge < -0.3 is 15.2 Å². The molecule has 0 radical (unpaired) electrons. The van der Waals surface area contributed by atoms with Gasteiger partial charge in [0.15, 0.2) is 28.9 Å². The Bertz CT molecular complexity index is 479. The number of carbonyl (C=O) groups excluding carboxylic acids is 1. The second-order valence-corrected chi connectivity index (χ2v) is 3.96. The van der Waals surface area contributed by atoms with Crippen LogP contribution in [0.1, 0.15) is 6.92 Å². The highest BCUT2D eigenvalue weighted by molar-refractivity contribution is 5.79. The van der Waals surface area contributed by atoms with Gasteiger partial charge >= 0.3 is 5.97 Å². The van der Waals surface area contributed by atoms with Crippen molar-refractivity contribution < 1.29 is 32.2 Å². The molecule has 8 heteroatoms. The topological polar surface area (TPSA) is 58.6 Å². The molecule has 0 aliphatic heterocycles. The molecule has 106 valence electrons. The molecule has 0 fully saturated rings. The zero-order valence-corrected chi connectivity index (χ0v) is 10.1. The number of esters is 1. The van der Waals surface area contributed by atoms with Crippen LogP contribution in [0.4, 0.5) is 23.2 Å². The third kappa shape index (κ3) is 3.14. The molecule has 4 nitrogen and oxygen atoms in total. The van der Waals surface area contributed by atoms with E-state index in [1.54, 1.807) is 0 Å². The minimum Gasteiger partial charge on any atom is -0.467 e. The molecular formula is C11H11F4NO3. The summed E-state index contributed by atoms with van der Waals surface area (Å²) in [7, 11) is 1.000. The van der Waals surface area contributed by atoms with Crippen LogP contribution in [0.3, 0.4) is 0 Å². The number of hydrogen-bond acceptors (Lipinski definition) is 4. The number of methoxy groups -OCH3 is 1. The third-order valence-electron chi connectivity index (χ3n) is 2.35. The van der Waals surface area contributed by atoms with Gasteiger partial charge in [0, 0.05) is 6.07 Å². The van der Waals surface area contributed by atoms with Crippen LogP contribution in [-0.4, -0.2) is 30.3 Å². The number of benzene rings is 1. The van der Waals surface area contributed by atoms with Gasteiger partial charge in [-0.3, -0.25) is 0 Å². The second-order valence-electron chi connectivity index (χ2n) is 3.96. The lowest BCUT2D eigenvalue weighted by atomic mass is 10.1. The lowest BCUT2D eigenvalue weighted by molar-refractivity contribution is -0.158. The predicted molar refractivity (Wildman–Crippen MR) is 57.4 cm³/mol. The molecule has 1 aromatic carbocycles. The summed E-state index contributed by atoms with van der Waals surface area (Å²) < 4.78 is 56.5. The third-order valence-corrected chi connectivity index (χ3v) is 2.35. The first-order valence-corrected chi connectivity index (χ1v) is 5.08. The molecule has 0 aliphatic rings. The summed E-state index contributed by atoms with van der Waals surface area (Å²) in [4.78, 5) is 11.1. The summed E-state index contributed by atoms with van der Waals surface area (Å²) in [6, 6.07) is 0.0499. The van der Waals surface area contributed by atoms with Crippen LogP contribution in [0.2, 0.25) is 0 Å². The van der Waals surface area contributed by atoms with Crippen molar-refractivity contribution in [1.29, 1.82) is 0 Å². The van der Waals surface area contributed by atoms with Crippen LogP contribution in [0.5, 0.6) is 0 Å². The van der Waals surface area contributed by atoms with Crippen molar-refractivity contribution in [1.82, 2.24) is 0 Å². The van der Waals surface area contributed by atoms with Gasteiger partial charge in [-0.1, -0.05) is 0 Å². The van der Waals surface area contributed by atoms with Crippen LogP contribution >= 0.6 is 0 Å². The van der Waals surface area contributed by atoms with Gasteiger partial charge in [0.25, 0.3) is 0 Å². The molecule has 1 atom stereocenters. The quantitative estimate of drug-likeness (QED) is 0.500. The number of rotatable bonds is 4. The molecule has 0 amide bonds. The van der Waals surface area contributed by atoms with E-state index in [9.17, 15) is 27.5 Å². The van der Waals surface area contributed by atoms with Gasteiger partial charge in [0.1, 0.15) is 5.69 Å². The molecule has 0 spiro atoms. The molecule has 0 aromatic heterocycles. The van der Waals surface area contributed by atoms with E-state index in [1.807, 2.05) is 5.32 Å². The minimum atomic E-state index is -2.11. The second kappa shape index (κ2) is 5.43. The summed E-state index contributed by atoms with van der Waals surface area (Å²) >= 11 is 0. The summed E-state index contributed by atoms with van der Waals surface area (Å²) in [5.41, 5.74) is -3.22. The molecule has 1 aromatic rings. The molecule has 0 bridgehead atoms. The average molecular weight is 281 g/mol. The molecule has 1 rings (SSSR count). The van der Waals surface area contributed by atoms with E-state index >= 15 is 0 Å². The zero-order chi connectivity index (χ0) is 14.8. The van der Waals surface area contributed by atoms with Gasteiger partial charge in [-0.2, -0.15) is 0 Å². The van der Waals surface area contributed by atoms with Crippen molar-refractivity contribution in [2.24, 2.45) is 0 Å². The monoisotopic (exact) mass is 281 g/mol. The van der Waals surface area contributed by atoms with Crippen LogP contribution in [0.25, 0.3) is 0 Å². The van der Waals surface area contributed by atoms with Crippen LogP contribution in [0.15, 0.2) is 6.07 Å². The molecule has 19 heavy (non-hydrogen) atoms. The van der Waals surface area contributed by atoms with Crippen molar-refractivity contribution in [2.75, 3.05) is 19.0 Å². The Morgan fingerprint density at radius 3 is 2.21 bits per heavy atom. The summed E-state index contributed by atoms with van der Waals surface area (Å²) in [5, 5.41) is 11.5. The number of anilines is 1. The van der Waals surface area contributed by atoms with Crippen molar-refractivity contribution in [3.63, 3.8) is 0 Å². The van der Waals surface area contributed by atoms with E-state index in [0.717, 1.165) is 14.0 Å². The first-order valence-electron chi connectivity index (χ1n) is 5.08. The fourth-order valence-electron chi connectivity index (χ4n) is 1.28. The summed E-state index contributed by atoms with van der Waals surface area (Å²) in [6.07, 6.45) is 0. The molecular weight excluding hydrogens is 270 g/mol. The number of carbonyl (C=O) groups is 1. The van der Waals surface area contributed by atoms with Crippen molar-refractivity contribution in [3.8, 4) is 0 Å². The Labute approximate surface area is 106 Å². The van der Waals surface area contributed by atoms with Crippen molar-refractivity contribution in [2.45, 2.75) is 12.5 Å². The van der Waals surface area contributed by atoms with Gasteiger partial charge in [-0.25, -0.2) is 22.4 Å². The number of hydrogen-bond donors (Lipinski definition) is 2. The van der Waals surface area contributed by atoms with E-state index in [-0.39, 0.29) is 6.07 Å². The highest BCUT2D eigenvalue weighted by Gasteiger charge is 2.32. The number of halogens is 4.